The average Bonchev–Trinajstić information content (AvgIpc) is 3.21. The molecule has 2 aromatic heterocycles. The lowest BCUT2D eigenvalue weighted by atomic mass is 9.90. The summed E-state index contributed by atoms with van der Waals surface area (Å²) in [5.74, 6) is 0.726. The van der Waals surface area contributed by atoms with Crippen molar-refractivity contribution in [2.24, 2.45) is 5.92 Å². The van der Waals surface area contributed by atoms with E-state index in [-0.39, 0.29) is 5.92 Å². The molecular formula is C18H19F2N5O. The number of nitrogens with one attached hydrogen (secondary N) is 1. The van der Waals surface area contributed by atoms with Gasteiger partial charge in [0.2, 0.25) is 0 Å². The van der Waals surface area contributed by atoms with E-state index in [9.17, 15) is 13.9 Å². The number of aromatic nitrogens is 4. The number of halogens is 2. The highest BCUT2D eigenvalue weighted by Crippen LogP contribution is 2.33. The average molecular weight is 359 g/mol. The van der Waals surface area contributed by atoms with E-state index in [1.165, 1.54) is 0 Å². The van der Waals surface area contributed by atoms with E-state index in [2.05, 4.69) is 19.9 Å². The Bertz CT molecular complexity index is 878. The van der Waals surface area contributed by atoms with Gasteiger partial charge in [-0.05, 0) is 30.9 Å². The molecule has 1 unspecified atom stereocenters. The summed E-state index contributed by atoms with van der Waals surface area (Å²) in [4.78, 5) is 17.2. The smallest absolute Gasteiger partial charge is 0.297 e. The number of H-pyrrole nitrogens is 1. The molecule has 2 N–H and O–H groups in total. The predicted octanol–water partition coefficient (Wildman–Crippen LogP) is 3.24. The topological polar surface area (TPSA) is 77.9 Å². The van der Waals surface area contributed by atoms with Crippen LogP contribution in [0.25, 0.3) is 10.9 Å². The first kappa shape index (κ1) is 16.8. The second-order valence-corrected chi connectivity index (χ2v) is 6.47. The van der Waals surface area contributed by atoms with E-state index in [0.717, 1.165) is 18.2 Å². The highest BCUT2D eigenvalue weighted by atomic mass is 19.3. The Morgan fingerprint density at radius 1 is 1.15 bits per heavy atom. The van der Waals surface area contributed by atoms with Gasteiger partial charge in [0.25, 0.3) is 6.43 Å². The molecule has 26 heavy (non-hydrogen) atoms. The number of hydrogen-bond donors (Lipinski definition) is 2. The van der Waals surface area contributed by atoms with E-state index >= 15 is 0 Å². The first-order valence-electron chi connectivity index (χ1n) is 8.60. The number of imidazole rings is 1. The molecule has 136 valence electrons. The molecule has 0 bridgehead atoms. The van der Waals surface area contributed by atoms with Gasteiger partial charge in [-0.15, -0.1) is 0 Å². The quantitative estimate of drug-likeness (QED) is 0.748. The van der Waals surface area contributed by atoms with Crippen molar-refractivity contribution in [3.05, 3.63) is 48.3 Å². The number of benzene rings is 1. The molecule has 1 aromatic carbocycles. The summed E-state index contributed by atoms with van der Waals surface area (Å²) in [6.07, 6.45) is 1.40. The lowest BCUT2D eigenvalue weighted by Crippen LogP contribution is -2.36. The van der Waals surface area contributed by atoms with Gasteiger partial charge < -0.3 is 15.0 Å². The molecule has 0 radical (unpaired) electrons. The summed E-state index contributed by atoms with van der Waals surface area (Å²) in [5, 5.41) is 11.2. The maximum atomic E-state index is 13.2. The van der Waals surface area contributed by atoms with Gasteiger partial charge in [0.05, 0.1) is 5.52 Å². The minimum Gasteiger partial charge on any atom is -0.385 e. The lowest BCUT2D eigenvalue weighted by molar-refractivity contribution is 0.0856. The number of aliphatic hydroxyl groups excluding tert-OH is 1. The monoisotopic (exact) mass is 359 g/mol. The van der Waals surface area contributed by atoms with Gasteiger partial charge in [-0.3, -0.25) is 0 Å². The Balaban J connectivity index is 1.57. The number of piperidine rings is 1. The van der Waals surface area contributed by atoms with Crippen LogP contribution in [0.3, 0.4) is 0 Å². The molecule has 3 heterocycles. The number of anilines is 1. The number of hydrogen-bond acceptors (Lipinski definition) is 5. The van der Waals surface area contributed by atoms with Crippen molar-refractivity contribution in [3.8, 4) is 0 Å². The van der Waals surface area contributed by atoms with Gasteiger partial charge in [0.15, 0.2) is 5.82 Å². The Kier molecular flexibility index (Phi) is 4.50. The molecule has 1 fully saturated rings. The zero-order chi connectivity index (χ0) is 18.1. The second kappa shape index (κ2) is 6.95. The maximum absolute atomic E-state index is 13.2. The van der Waals surface area contributed by atoms with E-state index in [1.807, 2.05) is 17.0 Å². The van der Waals surface area contributed by atoms with Gasteiger partial charge in [0.1, 0.15) is 17.7 Å². The van der Waals surface area contributed by atoms with Gasteiger partial charge in [-0.25, -0.2) is 23.7 Å². The number of para-hydroxylation sites is 1. The molecule has 0 amide bonds. The fourth-order valence-corrected chi connectivity index (χ4v) is 3.51. The Morgan fingerprint density at radius 2 is 1.92 bits per heavy atom. The standard InChI is InChI=1S/C18H19F2N5O/c19-15(20)17-23-13-4-2-1-3-12(13)18(24-17)25-9-5-11(6-10-25)14(26)16-21-7-8-22-16/h1-4,7-8,11,14-15,26H,5-6,9-10H2,(H,21,22). The van der Waals surface area contributed by atoms with Crippen molar-refractivity contribution in [3.63, 3.8) is 0 Å². The summed E-state index contributed by atoms with van der Waals surface area (Å²) < 4.78 is 26.4. The van der Waals surface area contributed by atoms with Crippen molar-refractivity contribution < 1.29 is 13.9 Å². The number of aliphatic hydroxyl groups is 1. The number of aromatic amines is 1. The molecule has 3 aromatic rings. The van der Waals surface area contributed by atoms with Crippen molar-refractivity contribution >= 4 is 16.7 Å². The van der Waals surface area contributed by atoms with Crippen LogP contribution in [0, 0.1) is 5.92 Å². The maximum Gasteiger partial charge on any atom is 0.297 e. The molecule has 1 aliphatic heterocycles. The molecule has 1 saturated heterocycles. The number of rotatable bonds is 4. The Hall–Kier alpha value is -2.61. The summed E-state index contributed by atoms with van der Waals surface area (Å²) in [6, 6.07) is 7.20. The lowest BCUT2D eigenvalue weighted by Gasteiger charge is -2.35. The van der Waals surface area contributed by atoms with Crippen molar-refractivity contribution in [2.75, 3.05) is 18.0 Å². The third-order valence-corrected chi connectivity index (χ3v) is 4.88. The zero-order valence-corrected chi connectivity index (χ0v) is 14.0. The molecule has 0 spiro atoms. The second-order valence-electron chi connectivity index (χ2n) is 6.47. The van der Waals surface area contributed by atoms with Crippen LogP contribution in [-0.2, 0) is 0 Å². The SMILES string of the molecule is OC(c1ncc[nH]1)C1CCN(c2nc(C(F)F)nc3ccccc23)CC1. The van der Waals surface area contributed by atoms with Crippen LogP contribution < -0.4 is 4.90 Å². The molecule has 1 aliphatic rings. The highest BCUT2D eigenvalue weighted by molar-refractivity contribution is 5.89. The number of fused-ring (bicyclic) bond motifs is 1. The third kappa shape index (κ3) is 3.12. The number of nitrogens with zero attached hydrogens (tertiary/aromatic N) is 4. The minimum atomic E-state index is -2.71. The normalized spacial score (nSPS) is 17.2. The highest BCUT2D eigenvalue weighted by Gasteiger charge is 2.29. The van der Waals surface area contributed by atoms with Gasteiger partial charge >= 0.3 is 0 Å². The molecule has 6 nitrogen and oxygen atoms in total. The summed E-state index contributed by atoms with van der Waals surface area (Å²) in [6.45, 7) is 1.26. The van der Waals surface area contributed by atoms with E-state index in [1.54, 1.807) is 24.5 Å². The van der Waals surface area contributed by atoms with Crippen LogP contribution in [0.5, 0.6) is 0 Å². The predicted molar refractivity (Wildman–Crippen MR) is 93.0 cm³/mol. The molecule has 1 atom stereocenters. The van der Waals surface area contributed by atoms with Gasteiger partial charge in [0, 0.05) is 30.9 Å². The van der Waals surface area contributed by atoms with Crippen LogP contribution in [-0.4, -0.2) is 38.1 Å². The van der Waals surface area contributed by atoms with Crippen molar-refractivity contribution in [2.45, 2.75) is 25.4 Å². The van der Waals surface area contributed by atoms with Crippen molar-refractivity contribution in [1.82, 2.24) is 19.9 Å². The molecular weight excluding hydrogens is 340 g/mol. The van der Waals surface area contributed by atoms with Crippen LogP contribution in [0.4, 0.5) is 14.6 Å². The summed E-state index contributed by atoms with van der Waals surface area (Å²) >= 11 is 0. The summed E-state index contributed by atoms with van der Waals surface area (Å²) in [7, 11) is 0. The molecule has 4 rings (SSSR count). The van der Waals surface area contributed by atoms with E-state index in [4.69, 9.17) is 0 Å². The molecule has 0 saturated carbocycles. The first-order valence-corrected chi connectivity index (χ1v) is 8.60. The van der Waals surface area contributed by atoms with Gasteiger partial charge in [-0.2, -0.15) is 0 Å². The molecule has 8 heteroatoms. The van der Waals surface area contributed by atoms with Crippen LogP contribution in [0.15, 0.2) is 36.7 Å². The number of alkyl halides is 2. The molecule has 0 aliphatic carbocycles. The summed E-state index contributed by atoms with van der Waals surface area (Å²) in [5.41, 5.74) is 0.519. The zero-order valence-electron chi connectivity index (χ0n) is 14.0. The van der Waals surface area contributed by atoms with Gasteiger partial charge in [-0.1, -0.05) is 12.1 Å². The Labute approximate surface area is 148 Å². The fraction of sp³-hybridized carbons (Fsp3) is 0.389. The first-order chi connectivity index (χ1) is 12.6. The van der Waals surface area contributed by atoms with E-state index in [0.29, 0.717) is 30.2 Å². The Morgan fingerprint density at radius 3 is 2.62 bits per heavy atom. The van der Waals surface area contributed by atoms with Crippen LogP contribution >= 0.6 is 0 Å². The van der Waals surface area contributed by atoms with Crippen LogP contribution in [0.2, 0.25) is 0 Å². The van der Waals surface area contributed by atoms with Crippen LogP contribution in [0.1, 0.15) is 37.0 Å². The van der Waals surface area contributed by atoms with Crippen molar-refractivity contribution in [1.29, 1.82) is 0 Å². The van der Waals surface area contributed by atoms with E-state index < -0.39 is 18.4 Å². The largest absolute Gasteiger partial charge is 0.385 e. The fourth-order valence-electron chi connectivity index (χ4n) is 3.51. The minimum absolute atomic E-state index is 0.0695. The third-order valence-electron chi connectivity index (χ3n) is 4.88.